The molecule has 1 heterocycles. The van der Waals surface area contributed by atoms with E-state index in [0.29, 0.717) is 12.3 Å². The van der Waals surface area contributed by atoms with E-state index in [0.717, 1.165) is 24.4 Å². The summed E-state index contributed by atoms with van der Waals surface area (Å²) < 4.78 is 5.25. The molecule has 1 aromatic carbocycles. The lowest BCUT2D eigenvalue weighted by Gasteiger charge is -2.31. The first-order chi connectivity index (χ1) is 7.31. The topological polar surface area (TPSA) is 41.5 Å². The molecular weight excluding hydrogens is 190 g/mol. The molecule has 3 heteroatoms. The average Bonchev–Trinajstić information content (AvgIpc) is 2.15. The van der Waals surface area contributed by atoms with Crippen molar-refractivity contribution in [3.05, 3.63) is 29.8 Å². The molecule has 1 aliphatic rings. The van der Waals surface area contributed by atoms with Crippen molar-refractivity contribution in [2.45, 2.75) is 12.5 Å². The highest BCUT2D eigenvalue weighted by molar-refractivity contribution is 5.33. The molecule has 0 bridgehead atoms. The normalized spacial score (nSPS) is 18.3. The minimum absolute atomic E-state index is 0.262. The van der Waals surface area contributed by atoms with Crippen molar-refractivity contribution in [3.63, 3.8) is 0 Å². The van der Waals surface area contributed by atoms with Crippen molar-refractivity contribution in [2.24, 2.45) is 5.92 Å². The van der Waals surface area contributed by atoms with Gasteiger partial charge in [0.1, 0.15) is 5.75 Å². The summed E-state index contributed by atoms with van der Waals surface area (Å²) in [6.45, 7) is 1.85. The van der Waals surface area contributed by atoms with Crippen molar-refractivity contribution in [1.82, 2.24) is 5.32 Å². The molecule has 0 amide bonds. The van der Waals surface area contributed by atoms with Gasteiger partial charge in [-0.05, 0) is 11.6 Å². The van der Waals surface area contributed by atoms with Gasteiger partial charge in [0.05, 0.1) is 13.2 Å². The first-order valence-electron chi connectivity index (χ1n) is 5.32. The summed E-state index contributed by atoms with van der Waals surface area (Å²) in [5.74, 6) is 1.26. The molecule has 1 aliphatic heterocycles. The molecule has 1 fully saturated rings. The van der Waals surface area contributed by atoms with Gasteiger partial charge in [-0.1, -0.05) is 18.2 Å². The maximum absolute atomic E-state index is 9.95. The summed E-state index contributed by atoms with van der Waals surface area (Å²) in [6, 6.07) is 7.86. The van der Waals surface area contributed by atoms with Gasteiger partial charge in [-0.3, -0.25) is 0 Å². The Morgan fingerprint density at radius 2 is 2.20 bits per heavy atom. The van der Waals surface area contributed by atoms with Crippen molar-refractivity contribution < 1.29 is 9.84 Å². The predicted molar refractivity (Wildman–Crippen MR) is 59.1 cm³/mol. The van der Waals surface area contributed by atoms with Crippen LogP contribution in [0, 0.1) is 5.92 Å². The fourth-order valence-corrected chi connectivity index (χ4v) is 1.85. The van der Waals surface area contributed by atoms with E-state index >= 15 is 0 Å². The Hall–Kier alpha value is -1.06. The standard InChI is InChI=1S/C12H17NO2/c1-15-12-5-3-2-4-9(12)6-11(14)10-7-13-8-10/h2-5,10-11,13-14H,6-8H2,1H3. The van der Waals surface area contributed by atoms with E-state index in [4.69, 9.17) is 4.74 Å². The molecule has 0 saturated carbocycles. The number of hydrogen-bond donors (Lipinski definition) is 2. The largest absolute Gasteiger partial charge is 0.496 e. The molecule has 15 heavy (non-hydrogen) atoms. The fourth-order valence-electron chi connectivity index (χ4n) is 1.85. The molecule has 1 atom stereocenters. The molecule has 0 aliphatic carbocycles. The number of benzene rings is 1. The van der Waals surface area contributed by atoms with Crippen LogP contribution in [-0.2, 0) is 6.42 Å². The van der Waals surface area contributed by atoms with Gasteiger partial charge >= 0.3 is 0 Å². The summed E-state index contributed by atoms with van der Waals surface area (Å²) in [5, 5.41) is 13.1. The lowest BCUT2D eigenvalue weighted by atomic mass is 9.91. The molecule has 2 rings (SSSR count). The SMILES string of the molecule is COc1ccccc1CC(O)C1CNC1. The third-order valence-electron chi connectivity index (χ3n) is 2.98. The monoisotopic (exact) mass is 207 g/mol. The number of ether oxygens (including phenoxy) is 1. The third kappa shape index (κ3) is 2.30. The van der Waals surface area contributed by atoms with E-state index in [1.807, 2.05) is 24.3 Å². The molecule has 0 spiro atoms. The van der Waals surface area contributed by atoms with E-state index < -0.39 is 0 Å². The number of aliphatic hydroxyl groups excluding tert-OH is 1. The number of methoxy groups -OCH3 is 1. The molecule has 82 valence electrons. The first kappa shape index (κ1) is 10.5. The van der Waals surface area contributed by atoms with Gasteiger partial charge in [0.25, 0.3) is 0 Å². The number of aliphatic hydroxyl groups is 1. The van der Waals surface area contributed by atoms with E-state index in [1.165, 1.54) is 0 Å². The summed E-state index contributed by atoms with van der Waals surface area (Å²) in [7, 11) is 1.66. The molecule has 0 radical (unpaired) electrons. The zero-order valence-electron chi connectivity index (χ0n) is 8.94. The number of hydrogen-bond acceptors (Lipinski definition) is 3. The number of para-hydroxylation sites is 1. The molecule has 0 aromatic heterocycles. The van der Waals surface area contributed by atoms with Crippen LogP contribution in [0.15, 0.2) is 24.3 Å². The van der Waals surface area contributed by atoms with Gasteiger partial charge in [-0.15, -0.1) is 0 Å². The highest BCUT2D eigenvalue weighted by Crippen LogP contribution is 2.22. The second-order valence-electron chi connectivity index (χ2n) is 4.00. The minimum atomic E-state index is -0.262. The van der Waals surface area contributed by atoms with Gasteiger partial charge < -0.3 is 15.2 Å². The van der Waals surface area contributed by atoms with Crippen molar-refractivity contribution >= 4 is 0 Å². The van der Waals surface area contributed by atoms with Crippen molar-refractivity contribution in [3.8, 4) is 5.75 Å². The van der Waals surface area contributed by atoms with Crippen LogP contribution in [-0.4, -0.2) is 31.4 Å². The Morgan fingerprint density at radius 3 is 2.80 bits per heavy atom. The lowest BCUT2D eigenvalue weighted by Crippen LogP contribution is -2.49. The van der Waals surface area contributed by atoms with Gasteiger partial charge in [-0.2, -0.15) is 0 Å². The fraction of sp³-hybridized carbons (Fsp3) is 0.500. The van der Waals surface area contributed by atoms with Crippen LogP contribution in [0.25, 0.3) is 0 Å². The molecule has 2 N–H and O–H groups in total. The van der Waals surface area contributed by atoms with E-state index in [9.17, 15) is 5.11 Å². The van der Waals surface area contributed by atoms with Crippen LogP contribution in [0.2, 0.25) is 0 Å². The highest BCUT2D eigenvalue weighted by Gasteiger charge is 2.25. The van der Waals surface area contributed by atoms with Crippen LogP contribution in [0.4, 0.5) is 0 Å². The Kier molecular flexibility index (Phi) is 3.23. The minimum Gasteiger partial charge on any atom is -0.496 e. The molecule has 3 nitrogen and oxygen atoms in total. The third-order valence-corrected chi connectivity index (χ3v) is 2.98. The predicted octanol–water partition coefficient (Wildman–Crippen LogP) is 0.818. The quantitative estimate of drug-likeness (QED) is 0.768. The zero-order chi connectivity index (χ0) is 10.7. The van der Waals surface area contributed by atoms with Crippen LogP contribution >= 0.6 is 0 Å². The maximum Gasteiger partial charge on any atom is 0.122 e. The Bertz CT molecular complexity index is 323. The van der Waals surface area contributed by atoms with Crippen LogP contribution < -0.4 is 10.1 Å². The molecule has 1 unspecified atom stereocenters. The summed E-state index contributed by atoms with van der Waals surface area (Å²) >= 11 is 0. The maximum atomic E-state index is 9.95. The van der Waals surface area contributed by atoms with E-state index in [-0.39, 0.29) is 6.10 Å². The van der Waals surface area contributed by atoms with Gasteiger partial charge in [0, 0.05) is 25.4 Å². The van der Waals surface area contributed by atoms with Crippen molar-refractivity contribution in [1.29, 1.82) is 0 Å². The van der Waals surface area contributed by atoms with Crippen molar-refractivity contribution in [2.75, 3.05) is 20.2 Å². The average molecular weight is 207 g/mol. The Labute approximate surface area is 90.1 Å². The molecule has 1 aromatic rings. The van der Waals surface area contributed by atoms with Crippen LogP contribution in [0.5, 0.6) is 5.75 Å². The molecule has 1 saturated heterocycles. The summed E-state index contributed by atoms with van der Waals surface area (Å²) in [4.78, 5) is 0. The summed E-state index contributed by atoms with van der Waals surface area (Å²) in [6.07, 6.45) is 0.415. The summed E-state index contributed by atoms with van der Waals surface area (Å²) in [5.41, 5.74) is 1.08. The van der Waals surface area contributed by atoms with Crippen LogP contribution in [0.1, 0.15) is 5.56 Å². The Morgan fingerprint density at radius 1 is 1.47 bits per heavy atom. The van der Waals surface area contributed by atoms with Gasteiger partial charge in [0.15, 0.2) is 0 Å². The van der Waals surface area contributed by atoms with Gasteiger partial charge in [-0.25, -0.2) is 0 Å². The molecular formula is C12H17NO2. The zero-order valence-corrected chi connectivity index (χ0v) is 8.94. The lowest BCUT2D eigenvalue weighted by molar-refractivity contribution is 0.0767. The number of nitrogens with one attached hydrogen (secondary N) is 1. The van der Waals surface area contributed by atoms with Crippen LogP contribution in [0.3, 0.4) is 0 Å². The van der Waals surface area contributed by atoms with Gasteiger partial charge in [0.2, 0.25) is 0 Å². The highest BCUT2D eigenvalue weighted by atomic mass is 16.5. The smallest absolute Gasteiger partial charge is 0.122 e. The Balaban J connectivity index is 2.02. The first-order valence-corrected chi connectivity index (χ1v) is 5.32. The number of rotatable bonds is 4. The second kappa shape index (κ2) is 4.64. The second-order valence-corrected chi connectivity index (χ2v) is 4.00. The van der Waals surface area contributed by atoms with E-state index in [1.54, 1.807) is 7.11 Å². The van der Waals surface area contributed by atoms with E-state index in [2.05, 4.69) is 5.32 Å².